The number of hydrogen-bond donors (Lipinski definition) is 0. The van der Waals surface area contributed by atoms with Gasteiger partial charge in [0, 0.05) is 24.2 Å². The van der Waals surface area contributed by atoms with Gasteiger partial charge in [-0.2, -0.15) is 0 Å². The third kappa shape index (κ3) is 5.44. The standard InChI is InChI=1S/C17H21N4S.ClHO4/c1-2-20-9-10-22-17(20)19-18-15-11-13-5-3-7-21-8-4-6-14(12-15)16(13)21;2-1(3,4)5/h9-12H,2-8H2,1H3;(H,2,3,4,5)/q+1;/p-1. The molecule has 0 saturated heterocycles. The second-order valence-electron chi connectivity index (χ2n) is 6.36. The van der Waals surface area contributed by atoms with Crippen LogP contribution in [-0.4, -0.2) is 13.1 Å². The molecule has 4 rings (SSSR count). The highest BCUT2D eigenvalue weighted by atomic mass is 35.7. The number of rotatable bonds is 3. The predicted octanol–water partition coefficient (Wildman–Crippen LogP) is -0.586. The van der Waals surface area contributed by atoms with Gasteiger partial charge >= 0.3 is 5.13 Å². The summed E-state index contributed by atoms with van der Waals surface area (Å²) in [6.07, 6.45) is 6.93. The molecule has 0 bridgehead atoms. The SMILES string of the molecule is CC[n+]1ccsc1N=Nc1cc2c3c(c1)CCCN3CCC2.[O-][Cl+3]([O-])([O-])[O-]. The van der Waals surface area contributed by atoms with Crippen LogP contribution in [0.3, 0.4) is 0 Å². The van der Waals surface area contributed by atoms with E-state index in [0.29, 0.717) is 0 Å². The molecule has 0 unspecified atom stereocenters. The van der Waals surface area contributed by atoms with Gasteiger partial charge in [-0.15, -0.1) is 10.2 Å². The van der Waals surface area contributed by atoms with Crippen LogP contribution in [0.1, 0.15) is 30.9 Å². The Bertz CT molecular complexity index is 785. The van der Waals surface area contributed by atoms with Crippen LogP contribution in [0.25, 0.3) is 0 Å². The van der Waals surface area contributed by atoms with Gasteiger partial charge < -0.3 is 4.90 Å². The van der Waals surface area contributed by atoms with Crippen molar-refractivity contribution in [3.63, 3.8) is 0 Å². The number of thiazole rings is 1. The van der Waals surface area contributed by atoms with E-state index < -0.39 is 10.2 Å². The molecule has 3 heterocycles. The van der Waals surface area contributed by atoms with Gasteiger partial charge in [-0.1, -0.05) is 0 Å². The molecule has 1 aromatic carbocycles. The molecule has 10 heteroatoms. The first-order valence-corrected chi connectivity index (χ1v) is 10.9. The molecule has 0 radical (unpaired) electrons. The van der Waals surface area contributed by atoms with E-state index >= 15 is 0 Å². The summed E-state index contributed by atoms with van der Waals surface area (Å²) >= 11 is 1.64. The lowest BCUT2D eigenvalue weighted by Gasteiger charge is -2.36. The van der Waals surface area contributed by atoms with Crippen LogP contribution in [0.5, 0.6) is 0 Å². The maximum atomic E-state index is 8.49. The monoisotopic (exact) mass is 412 g/mol. The van der Waals surface area contributed by atoms with Crippen LogP contribution in [0.2, 0.25) is 0 Å². The lowest BCUT2D eigenvalue weighted by atomic mass is 9.91. The Morgan fingerprint density at radius 3 is 2.22 bits per heavy atom. The zero-order valence-electron chi connectivity index (χ0n) is 15.0. The minimum absolute atomic E-state index is 0.933. The summed E-state index contributed by atoms with van der Waals surface area (Å²) in [5.74, 6) is 0. The zero-order valence-corrected chi connectivity index (χ0v) is 16.5. The number of hydrogen-bond acceptors (Lipinski definition) is 8. The highest BCUT2D eigenvalue weighted by Gasteiger charge is 2.24. The number of nitrogens with zero attached hydrogens (tertiary/aromatic N) is 4. The molecule has 0 N–H and O–H groups in total. The number of anilines is 1. The van der Waals surface area contributed by atoms with Crippen LogP contribution in [0, 0.1) is 10.2 Å². The van der Waals surface area contributed by atoms with Crippen LogP contribution in [0.4, 0.5) is 16.5 Å². The minimum atomic E-state index is -4.94. The summed E-state index contributed by atoms with van der Waals surface area (Å²) in [7, 11) is -4.94. The minimum Gasteiger partial charge on any atom is -0.371 e. The van der Waals surface area contributed by atoms with E-state index in [2.05, 4.69) is 50.3 Å². The lowest BCUT2D eigenvalue weighted by molar-refractivity contribution is -2.00. The smallest absolute Gasteiger partial charge is 0.371 e. The normalized spacial score (nSPS) is 16.1. The first-order chi connectivity index (χ1) is 12.8. The summed E-state index contributed by atoms with van der Waals surface area (Å²) < 4.78 is 36.1. The average Bonchev–Trinajstić information content (AvgIpc) is 3.06. The van der Waals surface area contributed by atoms with E-state index in [1.807, 2.05) is 0 Å². The van der Waals surface area contributed by atoms with E-state index in [4.69, 9.17) is 18.6 Å². The van der Waals surface area contributed by atoms with Gasteiger partial charge in [0.1, 0.15) is 11.9 Å². The molecule has 27 heavy (non-hydrogen) atoms. The lowest BCUT2D eigenvalue weighted by Crippen LogP contribution is -2.68. The fraction of sp³-hybridized carbons (Fsp3) is 0.471. The first kappa shape index (κ1) is 20.1. The van der Waals surface area contributed by atoms with E-state index in [9.17, 15) is 0 Å². The highest BCUT2D eigenvalue weighted by Crippen LogP contribution is 2.38. The van der Waals surface area contributed by atoms with Crippen molar-refractivity contribution in [1.29, 1.82) is 0 Å². The average molecular weight is 413 g/mol. The van der Waals surface area contributed by atoms with Crippen molar-refractivity contribution < 1.29 is 33.4 Å². The first-order valence-electron chi connectivity index (χ1n) is 8.76. The molecule has 2 aliphatic heterocycles. The Balaban J connectivity index is 0.000000376. The number of aryl methyl sites for hydroxylation is 3. The molecule has 2 aromatic rings. The summed E-state index contributed by atoms with van der Waals surface area (Å²) in [6, 6.07) is 4.48. The molecular formula is C17H21ClN4O4S. The molecule has 0 aliphatic carbocycles. The van der Waals surface area contributed by atoms with Crippen molar-refractivity contribution in [2.45, 2.75) is 39.2 Å². The zero-order chi connectivity index (χ0) is 19.4. The van der Waals surface area contributed by atoms with Crippen LogP contribution in [0.15, 0.2) is 33.9 Å². The number of azo groups is 1. The number of halogens is 1. The predicted molar refractivity (Wildman–Crippen MR) is 89.7 cm³/mol. The third-order valence-corrected chi connectivity index (χ3v) is 5.35. The van der Waals surface area contributed by atoms with Crippen molar-refractivity contribution in [3.8, 4) is 0 Å². The summed E-state index contributed by atoms with van der Waals surface area (Å²) in [6.45, 7) is 5.49. The second-order valence-corrected chi connectivity index (χ2v) is 7.99. The topological polar surface area (TPSA) is 124 Å². The van der Waals surface area contributed by atoms with E-state index in [-0.39, 0.29) is 0 Å². The second kappa shape index (κ2) is 8.59. The Kier molecular flexibility index (Phi) is 6.40. The Hall–Kier alpha value is -1.62. The third-order valence-electron chi connectivity index (χ3n) is 4.57. The number of aromatic nitrogens is 1. The molecule has 0 spiro atoms. The van der Waals surface area contributed by atoms with Crippen LogP contribution in [-0.2, 0) is 19.4 Å². The Labute approximate surface area is 163 Å². The maximum Gasteiger partial charge on any atom is 0.408 e. The fourth-order valence-electron chi connectivity index (χ4n) is 3.56. The van der Waals surface area contributed by atoms with E-state index in [1.165, 1.54) is 55.6 Å². The van der Waals surface area contributed by atoms with Gasteiger partial charge in [-0.3, -0.25) is 0 Å². The molecule has 0 amide bonds. The van der Waals surface area contributed by atoms with Gasteiger partial charge in [-0.25, -0.2) is 23.2 Å². The molecule has 0 atom stereocenters. The van der Waals surface area contributed by atoms with Gasteiger partial charge in [0.25, 0.3) is 0 Å². The van der Waals surface area contributed by atoms with Gasteiger partial charge in [0.2, 0.25) is 0 Å². The summed E-state index contributed by atoms with van der Waals surface area (Å²) in [5, 5.41) is 12.0. The van der Waals surface area contributed by atoms with Gasteiger partial charge in [-0.05, 0) is 72.3 Å². The van der Waals surface area contributed by atoms with Gasteiger partial charge in [0.15, 0.2) is 0 Å². The fourth-order valence-corrected chi connectivity index (χ4v) is 4.30. The van der Waals surface area contributed by atoms with E-state index in [1.54, 1.807) is 11.3 Å². The maximum absolute atomic E-state index is 8.49. The molecule has 0 saturated carbocycles. The van der Waals surface area contributed by atoms with Gasteiger partial charge in [0.05, 0.1) is 11.7 Å². The molecule has 1 aromatic heterocycles. The molecule has 2 aliphatic rings. The summed E-state index contributed by atoms with van der Waals surface area (Å²) in [5.41, 5.74) is 5.43. The highest BCUT2D eigenvalue weighted by molar-refractivity contribution is 7.12. The number of benzene rings is 1. The Morgan fingerprint density at radius 1 is 1.07 bits per heavy atom. The van der Waals surface area contributed by atoms with Crippen molar-refractivity contribution in [2.24, 2.45) is 10.2 Å². The van der Waals surface area contributed by atoms with Crippen LogP contribution >= 0.6 is 11.3 Å². The van der Waals surface area contributed by atoms with E-state index in [0.717, 1.165) is 17.4 Å². The Morgan fingerprint density at radius 2 is 1.67 bits per heavy atom. The van der Waals surface area contributed by atoms with Crippen molar-refractivity contribution in [3.05, 3.63) is 34.8 Å². The quantitative estimate of drug-likeness (QED) is 0.492. The molecule has 8 nitrogen and oxygen atoms in total. The molecule has 0 fully saturated rings. The van der Waals surface area contributed by atoms with Crippen molar-refractivity contribution in [1.82, 2.24) is 0 Å². The largest absolute Gasteiger partial charge is 0.408 e. The van der Waals surface area contributed by atoms with Crippen molar-refractivity contribution >= 4 is 27.8 Å². The summed E-state index contributed by atoms with van der Waals surface area (Å²) in [4.78, 5) is 2.56. The van der Waals surface area contributed by atoms with Crippen molar-refractivity contribution in [2.75, 3.05) is 18.0 Å². The molecular weight excluding hydrogens is 392 g/mol. The molecule has 146 valence electrons. The van der Waals surface area contributed by atoms with Crippen LogP contribution < -0.4 is 28.1 Å².